The van der Waals surface area contributed by atoms with E-state index < -0.39 is 0 Å². The van der Waals surface area contributed by atoms with E-state index in [9.17, 15) is 0 Å². The van der Waals surface area contributed by atoms with Gasteiger partial charge in [0.1, 0.15) is 16.9 Å². The first-order valence-electron chi connectivity index (χ1n) is 10.6. The number of fused-ring (bicyclic) bond motifs is 1. The van der Waals surface area contributed by atoms with Crippen molar-refractivity contribution in [1.29, 1.82) is 0 Å². The average molecular weight is 483 g/mol. The first-order chi connectivity index (χ1) is 14.7. The van der Waals surface area contributed by atoms with Crippen LogP contribution in [0.15, 0.2) is 18.3 Å². The lowest BCUT2D eigenvalue weighted by Gasteiger charge is -2.27. The molecule has 0 atom stereocenters. The molecule has 1 fully saturated rings. The molecule has 0 amide bonds. The SMILES string of the molecule is CCCc1nn(CCOC)c2c(Nc3cc(C)ccn3)nc(N3CCNCC3)nc12.Cl.Cl. The third-order valence-electron chi connectivity index (χ3n) is 5.20. The molecule has 0 unspecified atom stereocenters. The number of rotatable bonds is 8. The van der Waals surface area contributed by atoms with E-state index in [1.54, 1.807) is 13.3 Å². The Labute approximate surface area is 201 Å². The molecule has 0 aliphatic carbocycles. The van der Waals surface area contributed by atoms with Crippen LogP contribution in [0.4, 0.5) is 17.6 Å². The minimum Gasteiger partial charge on any atom is -0.383 e. The van der Waals surface area contributed by atoms with E-state index in [1.807, 2.05) is 16.8 Å². The second kappa shape index (κ2) is 12.2. The van der Waals surface area contributed by atoms with Crippen LogP contribution in [0.2, 0.25) is 0 Å². The van der Waals surface area contributed by atoms with Crippen LogP contribution in [0.25, 0.3) is 11.0 Å². The number of methoxy groups -OCH3 is 1. The number of hydrogen-bond acceptors (Lipinski definition) is 8. The third-order valence-corrected chi connectivity index (χ3v) is 5.20. The predicted octanol–water partition coefficient (Wildman–Crippen LogP) is 3.13. The lowest BCUT2D eigenvalue weighted by atomic mass is 10.2. The van der Waals surface area contributed by atoms with Gasteiger partial charge in [-0.15, -0.1) is 24.8 Å². The lowest BCUT2D eigenvalue weighted by Crippen LogP contribution is -2.44. The summed E-state index contributed by atoms with van der Waals surface area (Å²) >= 11 is 0. The Hall–Kier alpha value is -2.20. The van der Waals surface area contributed by atoms with Gasteiger partial charge < -0.3 is 20.3 Å². The van der Waals surface area contributed by atoms with E-state index in [4.69, 9.17) is 19.8 Å². The van der Waals surface area contributed by atoms with E-state index in [2.05, 4.69) is 34.4 Å². The lowest BCUT2D eigenvalue weighted by molar-refractivity contribution is 0.184. The Kier molecular flexibility index (Phi) is 9.89. The van der Waals surface area contributed by atoms with Gasteiger partial charge in [-0.1, -0.05) is 13.3 Å². The Morgan fingerprint density at radius 3 is 2.66 bits per heavy atom. The van der Waals surface area contributed by atoms with Gasteiger partial charge in [-0.05, 0) is 31.0 Å². The standard InChI is InChI=1S/C21H30N8O.2ClH/c1-4-5-16-18-19(29(27-16)12-13-30-3)20(24-17-14-15(2)6-7-23-17)26-21(25-18)28-10-8-22-9-11-28;;/h6-7,14,22H,4-5,8-13H2,1-3H3,(H,23,24,25,26);2*1H. The van der Waals surface area contributed by atoms with Crippen LogP contribution in [0.3, 0.4) is 0 Å². The molecule has 9 nitrogen and oxygen atoms in total. The van der Waals surface area contributed by atoms with Crippen LogP contribution >= 0.6 is 24.8 Å². The Balaban J connectivity index is 0.00000181. The number of anilines is 3. The third kappa shape index (κ3) is 5.78. The molecule has 4 heterocycles. The smallest absolute Gasteiger partial charge is 0.228 e. The highest BCUT2D eigenvalue weighted by Crippen LogP contribution is 2.29. The van der Waals surface area contributed by atoms with Crippen LogP contribution < -0.4 is 15.5 Å². The molecule has 0 saturated carbocycles. The monoisotopic (exact) mass is 482 g/mol. The summed E-state index contributed by atoms with van der Waals surface area (Å²) in [6, 6.07) is 4.00. The van der Waals surface area contributed by atoms with Gasteiger partial charge in [0.15, 0.2) is 5.82 Å². The summed E-state index contributed by atoms with van der Waals surface area (Å²) < 4.78 is 7.27. The number of nitrogens with zero attached hydrogens (tertiary/aromatic N) is 6. The minimum atomic E-state index is 0. The van der Waals surface area contributed by atoms with Crippen molar-refractivity contribution in [3.63, 3.8) is 0 Å². The highest BCUT2D eigenvalue weighted by molar-refractivity contribution is 5.90. The van der Waals surface area contributed by atoms with Crippen molar-refractivity contribution in [2.45, 2.75) is 33.2 Å². The van der Waals surface area contributed by atoms with Crippen molar-refractivity contribution in [2.75, 3.05) is 50.1 Å². The molecule has 32 heavy (non-hydrogen) atoms. The van der Waals surface area contributed by atoms with Gasteiger partial charge in [0.05, 0.1) is 18.8 Å². The maximum absolute atomic E-state index is 5.31. The molecule has 0 bridgehead atoms. The van der Waals surface area contributed by atoms with Gasteiger partial charge in [0.25, 0.3) is 0 Å². The summed E-state index contributed by atoms with van der Waals surface area (Å²) in [4.78, 5) is 16.6. The van der Waals surface area contributed by atoms with E-state index in [0.29, 0.717) is 13.2 Å². The Bertz CT molecular complexity index is 1010. The van der Waals surface area contributed by atoms with Crippen LogP contribution in [-0.2, 0) is 17.7 Å². The van der Waals surface area contributed by atoms with Crippen LogP contribution in [-0.4, -0.2) is 64.6 Å². The van der Waals surface area contributed by atoms with Crippen molar-refractivity contribution in [2.24, 2.45) is 0 Å². The molecule has 1 saturated heterocycles. The first kappa shape index (κ1) is 26.1. The fraction of sp³-hybridized carbons (Fsp3) is 0.524. The van der Waals surface area contributed by atoms with Crippen molar-refractivity contribution in [3.8, 4) is 0 Å². The number of aryl methyl sites for hydroxylation is 2. The molecule has 176 valence electrons. The van der Waals surface area contributed by atoms with Gasteiger partial charge in [-0.2, -0.15) is 10.1 Å². The zero-order valence-electron chi connectivity index (χ0n) is 18.8. The zero-order chi connectivity index (χ0) is 20.9. The zero-order valence-corrected chi connectivity index (χ0v) is 20.4. The van der Waals surface area contributed by atoms with Crippen molar-refractivity contribution < 1.29 is 4.74 Å². The molecule has 0 radical (unpaired) electrons. The summed E-state index contributed by atoms with van der Waals surface area (Å²) in [5.74, 6) is 2.23. The van der Waals surface area contributed by atoms with Gasteiger partial charge in [0, 0.05) is 39.5 Å². The molecule has 1 aliphatic rings. The highest BCUT2D eigenvalue weighted by Gasteiger charge is 2.22. The van der Waals surface area contributed by atoms with Gasteiger partial charge in [-0.3, -0.25) is 4.68 Å². The van der Waals surface area contributed by atoms with Crippen LogP contribution in [0, 0.1) is 6.92 Å². The molecule has 4 rings (SSSR count). The molecule has 11 heteroatoms. The number of ether oxygens (including phenoxy) is 1. The fourth-order valence-electron chi connectivity index (χ4n) is 3.70. The van der Waals surface area contributed by atoms with Gasteiger partial charge in [-0.25, -0.2) is 9.97 Å². The minimum absolute atomic E-state index is 0. The number of pyridine rings is 1. The summed E-state index contributed by atoms with van der Waals surface area (Å²) in [7, 11) is 1.70. The number of hydrogen-bond donors (Lipinski definition) is 2. The topological polar surface area (TPSA) is 93.0 Å². The second-order valence-electron chi connectivity index (χ2n) is 7.56. The summed E-state index contributed by atoms with van der Waals surface area (Å²) in [6.07, 6.45) is 3.68. The predicted molar refractivity (Wildman–Crippen MR) is 133 cm³/mol. The summed E-state index contributed by atoms with van der Waals surface area (Å²) in [5.41, 5.74) is 3.95. The van der Waals surface area contributed by atoms with Gasteiger partial charge >= 0.3 is 0 Å². The second-order valence-corrected chi connectivity index (χ2v) is 7.56. The van der Waals surface area contributed by atoms with E-state index in [-0.39, 0.29) is 24.8 Å². The Morgan fingerprint density at radius 1 is 1.19 bits per heavy atom. The number of halogens is 2. The summed E-state index contributed by atoms with van der Waals surface area (Å²) in [6.45, 7) is 9.05. The van der Waals surface area contributed by atoms with E-state index in [1.165, 1.54) is 0 Å². The van der Waals surface area contributed by atoms with Gasteiger partial charge in [0.2, 0.25) is 5.95 Å². The molecular formula is C21H32Cl2N8O. The van der Waals surface area contributed by atoms with Crippen molar-refractivity contribution in [1.82, 2.24) is 30.0 Å². The highest BCUT2D eigenvalue weighted by atomic mass is 35.5. The number of aromatic nitrogens is 5. The summed E-state index contributed by atoms with van der Waals surface area (Å²) in [5, 5.41) is 11.7. The molecule has 0 spiro atoms. The maximum atomic E-state index is 5.31. The molecule has 2 N–H and O–H groups in total. The first-order valence-corrected chi connectivity index (χ1v) is 10.6. The fourth-order valence-corrected chi connectivity index (χ4v) is 3.70. The molecular weight excluding hydrogens is 451 g/mol. The number of nitrogens with one attached hydrogen (secondary N) is 2. The maximum Gasteiger partial charge on any atom is 0.228 e. The quantitative estimate of drug-likeness (QED) is 0.505. The largest absolute Gasteiger partial charge is 0.383 e. The normalized spacial score (nSPS) is 13.5. The molecule has 3 aromatic rings. The van der Waals surface area contributed by atoms with E-state index in [0.717, 1.165) is 78.9 Å². The molecule has 0 aromatic carbocycles. The average Bonchev–Trinajstić information content (AvgIpc) is 3.11. The number of piperazine rings is 1. The van der Waals surface area contributed by atoms with Crippen molar-refractivity contribution >= 4 is 53.4 Å². The van der Waals surface area contributed by atoms with E-state index >= 15 is 0 Å². The Morgan fingerprint density at radius 2 is 1.97 bits per heavy atom. The van der Waals surface area contributed by atoms with Crippen molar-refractivity contribution in [3.05, 3.63) is 29.6 Å². The van der Waals surface area contributed by atoms with Crippen LogP contribution in [0.5, 0.6) is 0 Å². The molecule has 1 aliphatic heterocycles. The van der Waals surface area contributed by atoms with Crippen LogP contribution in [0.1, 0.15) is 24.6 Å². The molecule has 3 aromatic heterocycles.